The maximum atomic E-state index is 14.9. The molecule has 5 rings (SSSR count). The smallest absolute Gasteiger partial charge is 0.261 e. The fourth-order valence-corrected chi connectivity index (χ4v) is 4.84. The second-order valence-electron chi connectivity index (χ2n) is 8.71. The second-order valence-corrected chi connectivity index (χ2v) is 9.15. The number of hydrogen-bond acceptors (Lipinski definition) is 5. The fourth-order valence-electron chi connectivity index (χ4n) is 4.69. The molecule has 0 spiro atoms. The zero-order chi connectivity index (χ0) is 22.4. The molecule has 168 valence electrons. The number of aromatic nitrogens is 3. The van der Waals surface area contributed by atoms with Gasteiger partial charge < -0.3 is 9.47 Å². The lowest BCUT2D eigenvalue weighted by atomic mass is 9.86. The average molecular weight is 458 g/mol. The van der Waals surface area contributed by atoms with Crippen molar-refractivity contribution in [1.82, 2.24) is 14.4 Å². The molecule has 3 aromatic rings. The van der Waals surface area contributed by atoms with Crippen LogP contribution in [0.5, 0.6) is 0 Å². The summed E-state index contributed by atoms with van der Waals surface area (Å²) in [6, 6.07) is 4.47. The van der Waals surface area contributed by atoms with E-state index < -0.39 is 5.82 Å². The van der Waals surface area contributed by atoms with Crippen LogP contribution in [0, 0.1) is 25.6 Å². The third-order valence-corrected chi connectivity index (χ3v) is 6.94. The molecule has 2 aliphatic heterocycles. The van der Waals surface area contributed by atoms with Gasteiger partial charge in [0.25, 0.3) is 5.56 Å². The summed E-state index contributed by atoms with van der Waals surface area (Å²) >= 11 is 5.97. The highest BCUT2D eigenvalue weighted by molar-refractivity contribution is 6.30. The van der Waals surface area contributed by atoms with E-state index in [1.807, 2.05) is 0 Å². The quantitative estimate of drug-likeness (QED) is 0.580. The largest absolute Gasteiger partial charge is 0.381 e. The Morgan fingerprint density at radius 3 is 2.78 bits per heavy atom. The molecule has 2 fully saturated rings. The first-order valence-electron chi connectivity index (χ1n) is 11.0. The minimum absolute atomic E-state index is 0.0964. The van der Waals surface area contributed by atoms with Crippen LogP contribution in [0.25, 0.3) is 16.9 Å². The summed E-state index contributed by atoms with van der Waals surface area (Å²) in [6.45, 7) is 5.63. The van der Waals surface area contributed by atoms with E-state index in [-0.39, 0.29) is 23.1 Å². The molecule has 32 heavy (non-hydrogen) atoms. The van der Waals surface area contributed by atoms with E-state index in [1.54, 1.807) is 32.2 Å². The molecule has 0 aliphatic carbocycles. The second kappa shape index (κ2) is 8.54. The van der Waals surface area contributed by atoms with Crippen molar-refractivity contribution >= 4 is 17.2 Å². The van der Waals surface area contributed by atoms with Crippen molar-refractivity contribution in [3.63, 3.8) is 0 Å². The summed E-state index contributed by atoms with van der Waals surface area (Å²) in [5, 5.41) is 0.301. The predicted molar refractivity (Wildman–Crippen MR) is 120 cm³/mol. The van der Waals surface area contributed by atoms with E-state index in [0.29, 0.717) is 46.8 Å². The Balaban J connectivity index is 1.66. The maximum Gasteiger partial charge on any atom is 0.261 e. The molecule has 0 amide bonds. The Kier molecular flexibility index (Phi) is 5.73. The molecular weight excluding hydrogens is 433 g/mol. The molecule has 0 radical (unpaired) electrons. The Morgan fingerprint density at radius 2 is 2.03 bits per heavy atom. The van der Waals surface area contributed by atoms with Crippen molar-refractivity contribution in [3.05, 3.63) is 62.5 Å². The van der Waals surface area contributed by atoms with Gasteiger partial charge in [-0.1, -0.05) is 11.6 Å². The number of ether oxygens (including phenoxy) is 2. The van der Waals surface area contributed by atoms with Crippen LogP contribution >= 0.6 is 11.6 Å². The first-order chi connectivity index (χ1) is 15.4. The third-order valence-electron chi connectivity index (χ3n) is 6.71. The van der Waals surface area contributed by atoms with Gasteiger partial charge in [0.15, 0.2) is 5.65 Å². The predicted octanol–water partition coefficient (Wildman–Crippen LogP) is 4.46. The van der Waals surface area contributed by atoms with E-state index in [4.69, 9.17) is 26.1 Å². The van der Waals surface area contributed by atoms with Crippen molar-refractivity contribution in [2.24, 2.45) is 5.92 Å². The monoisotopic (exact) mass is 457 g/mol. The molecule has 1 aromatic carbocycles. The zero-order valence-corrected chi connectivity index (χ0v) is 18.9. The van der Waals surface area contributed by atoms with Gasteiger partial charge in [-0.05, 0) is 51.3 Å². The van der Waals surface area contributed by atoms with Gasteiger partial charge in [0.05, 0.1) is 18.4 Å². The topological polar surface area (TPSA) is 65.7 Å². The molecule has 1 unspecified atom stereocenters. The molecule has 2 saturated heterocycles. The number of fused-ring (bicyclic) bond motifs is 1. The summed E-state index contributed by atoms with van der Waals surface area (Å²) in [5.41, 5.74) is 2.72. The van der Waals surface area contributed by atoms with E-state index in [1.165, 1.54) is 10.5 Å². The van der Waals surface area contributed by atoms with Gasteiger partial charge in [0.1, 0.15) is 11.5 Å². The van der Waals surface area contributed by atoms with Gasteiger partial charge in [-0.2, -0.15) is 0 Å². The van der Waals surface area contributed by atoms with Crippen molar-refractivity contribution in [3.8, 4) is 11.3 Å². The lowest BCUT2D eigenvalue weighted by Crippen LogP contribution is -2.32. The molecule has 6 nitrogen and oxygen atoms in total. The first-order valence-corrected chi connectivity index (χ1v) is 11.4. The summed E-state index contributed by atoms with van der Waals surface area (Å²) in [4.78, 5) is 22.6. The van der Waals surface area contributed by atoms with Gasteiger partial charge in [-0.25, -0.2) is 14.4 Å². The number of rotatable bonds is 3. The summed E-state index contributed by atoms with van der Waals surface area (Å²) in [7, 11) is 0. The SMILES string of the molecule is Cc1nc2c(-c3ccc(Cl)cc3F)nc([C@@H]3CCOC([C@@H]4CCOC4)C3)cn2c(=O)c1C. The standard InChI is InChI=1S/C24H25ClFN3O3/c1-13-14(2)27-23-22(18-4-3-17(25)10-19(18)26)28-20(11-29(23)24(13)30)15-6-8-32-21(9-15)16-5-7-31-12-16/h3-4,10-11,15-16,21H,5-9,12H2,1-2H3/t15-,16-,21?/m1/s1. The minimum Gasteiger partial charge on any atom is -0.381 e. The Labute approximate surface area is 190 Å². The fraction of sp³-hybridized carbons (Fsp3) is 0.458. The summed E-state index contributed by atoms with van der Waals surface area (Å²) in [5.74, 6) is -0.0217. The van der Waals surface area contributed by atoms with Crippen LogP contribution < -0.4 is 5.56 Å². The number of aryl methyl sites for hydroxylation is 1. The molecule has 4 heterocycles. The highest BCUT2D eigenvalue weighted by Gasteiger charge is 2.33. The van der Waals surface area contributed by atoms with Crippen molar-refractivity contribution in [2.45, 2.75) is 45.1 Å². The minimum atomic E-state index is -0.496. The number of benzene rings is 1. The number of hydrogen-bond donors (Lipinski definition) is 0. The normalized spacial score (nSPS) is 23.7. The average Bonchev–Trinajstić information content (AvgIpc) is 3.33. The van der Waals surface area contributed by atoms with E-state index in [9.17, 15) is 9.18 Å². The van der Waals surface area contributed by atoms with Crippen LogP contribution in [-0.4, -0.2) is 40.3 Å². The van der Waals surface area contributed by atoms with Crippen LogP contribution in [0.3, 0.4) is 0 Å². The first kappa shape index (κ1) is 21.5. The van der Waals surface area contributed by atoms with Gasteiger partial charge in [-0.15, -0.1) is 0 Å². The van der Waals surface area contributed by atoms with Gasteiger partial charge in [-0.3, -0.25) is 9.20 Å². The molecule has 2 aliphatic rings. The number of nitrogens with zero attached hydrogens (tertiary/aromatic N) is 3. The van der Waals surface area contributed by atoms with Gasteiger partial charge in [0, 0.05) is 53.1 Å². The number of halogens is 2. The summed E-state index contributed by atoms with van der Waals surface area (Å²) in [6.07, 6.45) is 4.44. The molecule has 0 saturated carbocycles. The lowest BCUT2D eigenvalue weighted by molar-refractivity contribution is -0.0311. The third kappa shape index (κ3) is 3.83. The zero-order valence-electron chi connectivity index (χ0n) is 18.1. The van der Waals surface area contributed by atoms with Crippen LogP contribution in [0.15, 0.2) is 29.2 Å². The molecule has 0 N–H and O–H groups in total. The van der Waals surface area contributed by atoms with Crippen LogP contribution in [0.1, 0.15) is 42.1 Å². The van der Waals surface area contributed by atoms with Crippen LogP contribution in [-0.2, 0) is 9.47 Å². The van der Waals surface area contributed by atoms with Crippen molar-refractivity contribution < 1.29 is 13.9 Å². The van der Waals surface area contributed by atoms with Crippen LogP contribution in [0.4, 0.5) is 4.39 Å². The highest BCUT2D eigenvalue weighted by Crippen LogP contribution is 2.36. The Bertz CT molecular complexity index is 1240. The van der Waals surface area contributed by atoms with Crippen LogP contribution in [0.2, 0.25) is 5.02 Å². The van der Waals surface area contributed by atoms with Crippen molar-refractivity contribution in [2.75, 3.05) is 19.8 Å². The molecule has 3 atom stereocenters. The van der Waals surface area contributed by atoms with Gasteiger partial charge >= 0.3 is 0 Å². The summed E-state index contributed by atoms with van der Waals surface area (Å²) < 4.78 is 28.0. The van der Waals surface area contributed by atoms with E-state index in [2.05, 4.69) is 4.98 Å². The Hall–Kier alpha value is -2.35. The van der Waals surface area contributed by atoms with Crippen molar-refractivity contribution in [1.29, 1.82) is 0 Å². The van der Waals surface area contributed by atoms with E-state index >= 15 is 0 Å². The van der Waals surface area contributed by atoms with Gasteiger partial charge in [0.2, 0.25) is 0 Å². The lowest BCUT2D eigenvalue weighted by Gasteiger charge is -2.32. The Morgan fingerprint density at radius 1 is 1.19 bits per heavy atom. The molecular formula is C24H25ClFN3O3. The molecule has 8 heteroatoms. The molecule has 0 bridgehead atoms. The van der Waals surface area contributed by atoms with E-state index in [0.717, 1.165) is 31.6 Å². The highest BCUT2D eigenvalue weighted by atomic mass is 35.5. The maximum absolute atomic E-state index is 14.9. The molecule has 2 aromatic heterocycles.